The summed E-state index contributed by atoms with van der Waals surface area (Å²) in [5.41, 5.74) is -0.619. The Kier molecular flexibility index (Phi) is 2.63. The van der Waals surface area contributed by atoms with Crippen molar-refractivity contribution < 1.29 is 17.4 Å². The molecule has 66 valence electrons. The molecule has 0 aromatic rings. The first-order chi connectivity index (χ1) is 5.60. The van der Waals surface area contributed by atoms with Crippen molar-refractivity contribution in [2.75, 3.05) is 13.1 Å². The zero-order valence-corrected chi connectivity index (χ0v) is 6.97. The molecule has 4 nitrogen and oxygen atoms in total. The first kappa shape index (κ1) is 6.91. The number of rotatable bonds is 2. The van der Waals surface area contributed by atoms with Gasteiger partial charge < -0.3 is 15.2 Å². The number of carbonyl (C=O) groups excluding carboxylic acids is 1. The molecular weight excluding hydrogens is 146 g/mol. The minimum absolute atomic E-state index is 0.484. The van der Waals surface area contributed by atoms with Crippen LogP contribution in [0.2, 0.25) is 0 Å². The van der Waals surface area contributed by atoms with Gasteiger partial charge in [-0.15, -0.1) is 0 Å². The van der Waals surface area contributed by atoms with Gasteiger partial charge in [-0.2, -0.15) is 0 Å². The van der Waals surface area contributed by atoms with Crippen molar-refractivity contribution >= 4 is 6.09 Å². The number of alkyl carbamates (subject to hydrolysis) is 1. The maximum atomic E-state index is 10.9. The van der Waals surface area contributed by atoms with E-state index in [0.717, 1.165) is 0 Å². The molecule has 0 aromatic heterocycles. The van der Waals surface area contributed by atoms with E-state index in [-0.39, 0.29) is 0 Å². The highest BCUT2D eigenvalue weighted by Crippen LogP contribution is 2.05. The van der Waals surface area contributed by atoms with E-state index < -0.39 is 24.8 Å². The highest BCUT2D eigenvalue weighted by Gasteiger charge is 2.14. The summed E-state index contributed by atoms with van der Waals surface area (Å²) in [4.78, 5) is 10.9. The molecule has 0 fully saturated rings. The second kappa shape index (κ2) is 4.18. The molecule has 0 spiro atoms. The zero-order chi connectivity index (χ0) is 10.7. The predicted molar refractivity (Wildman–Crippen MR) is 41.3 cm³/mol. The number of ether oxygens (including phenoxy) is 1. The van der Waals surface area contributed by atoms with Crippen molar-refractivity contribution in [2.24, 2.45) is 0 Å². The van der Waals surface area contributed by atoms with Crippen LogP contribution in [0.15, 0.2) is 0 Å². The normalized spacial score (nSPS) is 14.9. The van der Waals surface area contributed by atoms with E-state index in [4.69, 9.17) is 12.6 Å². The van der Waals surface area contributed by atoms with E-state index >= 15 is 0 Å². The van der Waals surface area contributed by atoms with E-state index in [1.165, 1.54) is 0 Å². The van der Waals surface area contributed by atoms with Crippen LogP contribution in [-0.2, 0) is 4.74 Å². The smallest absolute Gasteiger partial charge is 0.407 e. The first-order valence-corrected chi connectivity index (χ1v) is 3.29. The molecule has 0 heterocycles. The van der Waals surface area contributed by atoms with Crippen LogP contribution in [0.4, 0.5) is 4.79 Å². The van der Waals surface area contributed by atoms with Crippen molar-refractivity contribution in [2.45, 2.75) is 26.4 Å². The van der Waals surface area contributed by atoms with Crippen LogP contribution in [0.5, 0.6) is 0 Å². The average molecular weight is 163 g/mol. The molecule has 0 saturated carbocycles. The predicted octanol–water partition coefficient (Wildman–Crippen LogP) is 0.503. The Balaban J connectivity index is 3.78. The van der Waals surface area contributed by atoms with Gasteiger partial charge in [0.25, 0.3) is 0 Å². The average Bonchev–Trinajstić information content (AvgIpc) is 1.78. The summed E-state index contributed by atoms with van der Waals surface area (Å²) in [6.45, 7) is 2.19. The Labute approximate surface area is 69.4 Å². The van der Waals surface area contributed by atoms with Gasteiger partial charge in [-0.3, -0.25) is 0 Å². The second-order valence-electron chi connectivity index (χ2n) is 3.01. The van der Waals surface area contributed by atoms with Crippen molar-refractivity contribution in [1.82, 2.24) is 5.32 Å². The Bertz CT molecular complexity index is 183. The minimum Gasteiger partial charge on any atom is -0.444 e. The standard InChI is InChI=1S/C7H15NO3/c1-7(2,3)11-6(10)8-4-5-9/h9H,4-5H2,1-3H3,(H,8,10)/i5D2. The van der Waals surface area contributed by atoms with Gasteiger partial charge in [-0.1, -0.05) is 0 Å². The van der Waals surface area contributed by atoms with Crippen molar-refractivity contribution in [3.05, 3.63) is 0 Å². The summed E-state index contributed by atoms with van der Waals surface area (Å²) in [5.74, 6) is 0. The highest BCUT2D eigenvalue weighted by molar-refractivity contribution is 5.67. The van der Waals surface area contributed by atoms with Gasteiger partial charge in [-0.05, 0) is 20.8 Å². The number of hydrogen-bond acceptors (Lipinski definition) is 3. The van der Waals surface area contributed by atoms with Crippen LogP contribution in [0, 0.1) is 0 Å². The van der Waals surface area contributed by atoms with Crippen molar-refractivity contribution in [3.8, 4) is 0 Å². The van der Waals surface area contributed by atoms with E-state index in [0.29, 0.717) is 0 Å². The van der Waals surface area contributed by atoms with Crippen LogP contribution in [0.1, 0.15) is 23.5 Å². The third-order valence-electron chi connectivity index (χ3n) is 0.711. The van der Waals surface area contributed by atoms with Crippen LogP contribution in [-0.4, -0.2) is 29.9 Å². The number of aliphatic hydroxyl groups is 1. The van der Waals surface area contributed by atoms with Crippen molar-refractivity contribution in [1.29, 1.82) is 0 Å². The summed E-state index contributed by atoms with van der Waals surface area (Å²) < 4.78 is 18.2. The topological polar surface area (TPSA) is 58.6 Å². The molecule has 2 N–H and O–H groups in total. The van der Waals surface area contributed by atoms with Crippen LogP contribution >= 0.6 is 0 Å². The van der Waals surface area contributed by atoms with Gasteiger partial charge in [0.1, 0.15) is 5.60 Å². The lowest BCUT2D eigenvalue weighted by Crippen LogP contribution is -2.33. The summed E-state index contributed by atoms with van der Waals surface area (Å²) in [7, 11) is 0. The summed E-state index contributed by atoms with van der Waals surface area (Å²) >= 11 is 0. The van der Waals surface area contributed by atoms with Crippen LogP contribution < -0.4 is 5.32 Å². The third kappa shape index (κ3) is 7.12. The van der Waals surface area contributed by atoms with Gasteiger partial charge in [-0.25, -0.2) is 4.79 Å². The summed E-state index contributed by atoms with van der Waals surface area (Å²) in [6.07, 6.45) is -0.745. The fraction of sp³-hybridized carbons (Fsp3) is 0.857. The fourth-order valence-electron chi connectivity index (χ4n) is 0.426. The van der Waals surface area contributed by atoms with Crippen LogP contribution in [0.3, 0.4) is 0 Å². The van der Waals surface area contributed by atoms with Gasteiger partial charge >= 0.3 is 6.09 Å². The number of carbonyl (C=O) groups is 1. The monoisotopic (exact) mass is 163 g/mol. The highest BCUT2D eigenvalue weighted by atomic mass is 16.6. The Morgan fingerprint density at radius 2 is 2.27 bits per heavy atom. The fourth-order valence-corrected chi connectivity index (χ4v) is 0.426. The second-order valence-corrected chi connectivity index (χ2v) is 3.01. The quantitative estimate of drug-likeness (QED) is 0.623. The van der Waals surface area contributed by atoms with Gasteiger partial charge in [0, 0.05) is 6.54 Å². The molecule has 4 heteroatoms. The lowest BCUT2D eigenvalue weighted by molar-refractivity contribution is 0.0518. The Morgan fingerprint density at radius 3 is 2.64 bits per heavy atom. The molecule has 0 rings (SSSR count). The Hall–Kier alpha value is -0.770. The molecule has 0 atom stereocenters. The van der Waals surface area contributed by atoms with Crippen LogP contribution in [0.25, 0.3) is 0 Å². The largest absolute Gasteiger partial charge is 0.444 e. The lowest BCUT2D eigenvalue weighted by Gasteiger charge is -2.19. The van der Waals surface area contributed by atoms with Gasteiger partial charge in [0.2, 0.25) is 0 Å². The molecule has 0 aliphatic heterocycles. The molecule has 0 unspecified atom stereocenters. The summed E-state index contributed by atoms with van der Waals surface area (Å²) in [6, 6.07) is 0. The molecule has 0 radical (unpaired) electrons. The molecule has 0 saturated heterocycles. The molecule has 0 aliphatic carbocycles. The SMILES string of the molecule is [2H]C([2H])(O)CNC(=O)OC(C)(C)C. The van der Waals surface area contributed by atoms with E-state index in [2.05, 4.69) is 5.32 Å². The first-order valence-electron chi connectivity index (χ1n) is 4.29. The molecular formula is C7H15NO3. The molecule has 11 heavy (non-hydrogen) atoms. The minimum atomic E-state index is -2.41. The van der Waals surface area contributed by atoms with E-state index in [9.17, 15) is 4.79 Å². The maximum absolute atomic E-state index is 10.9. The maximum Gasteiger partial charge on any atom is 0.407 e. The molecule has 0 bridgehead atoms. The lowest BCUT2D eigenvalue weighted by atomic mass is 10.2. The molecule has 0 aliphatic rings. The van der Waals surface area contributed by atoms with Crippen molar-refractivity contribution in [3.63, 3.8) is 0 Å². The zero-order valence-electron chi connectivity index (χ0n) is 8.97. The molecule has 0 aromatic carbocycles. The van der Waals surface area contributed by atoms with E-state index in [1.807, 2.05) is 0 Å². The molecule has 1 amide bonds. The number of hydrogen-bond donors (Lipinski definition) is 2. The Morgan fingerprint density at radius 1 is 1.73 bits per heavy atom. The third-order valence-corrected chi connectivity index (χ3v) is 0.711. The summed E-state index contributed by atoms with van der Waals surface area (Å²) in [5, 5.41) is 10.7. The van der Waals surface area contributed by atoms with Gasteiger partial charge in [0.15, 0.2) is 0 Å². The van der Waals surface area contributed by atoms with Gasteiger partial charge in [0.05, 0.1) is 9.30 Å². The van der Waals surface area contributed by atoms with E-state index in [1.54, 1.807) is 20.8 Å². The number of nitrogens with one attached hydrogen (secondary N) is 1. The number of amides is 1.